The maximum atomic E-state index is 11.9. The number of hydrogen-bond donors (Lipinski definition) is 2. The number of ether oxygens (including phenoxy) is 1. The highest BCUT2D eigenvalue weighted by Crippen LogP contribution is 2.53. The third-order valence-electron chi connectivity index (χ3n) is 6.06. The molecule has 3 saturated carbocycles. The average Bonchev–Trinajstić information content (AvgIpc) is 3.18. The second-order valence-electron chi connectivity index (χ2n) is 7.33. The Labute approximate surface area is 121 Å². The van der Waals surface area contributed by atoms with E-state index in [0.717, 1.165) is 37.1 Å². The lowest BCUT2D eigenvalue weighted by molar-refractivity contribution is -0.107. The summed E-state index contributed by atoms with van der Waals surface area (Å²) < 4.78 is 5.63. The third kappa shape index (κ3) is 2.54. The van der Waals surface area contributed by atoms with E-state index in [1.165, 1.54) is 32.1 Å². The zero-order valence-corrected chi connectivity index (χ0v) is 12.1. The summed E-state index contributed by atoms with van der Waals surface area (Å²) in [5, 5.41) is 6.14. The van der Waals surface area contributed by atoms with Crippen LogP contribution < -0.4 is 10.6 Å². The Kier molecular flexibility index (Phi) is 3.37. The standard InChI is InChI=1S/C16H26N2O2/c19-16(18-15-9-20-13-6-12(15)7-13)17-5-4-10-2-1-3-11-8-14(10)11/h10-15H,1-9H2,(H2,17,18,19). The zero-order valence-electron chi connectivity index (χ0n) is 12.1. The second kappa shape index (κ2) is 5.21. The van der Waals surface area contributed by atoms with E-state index in [4.69, 9.17) is 4.74 Å². The van der Waals surface area contributed by atoms with Crippen molar-refractivity contribution in [1.82, 2.24) is 10.6 Å². The molecule has 0 radical (unpaired) electrons. The fourth-order valence-corrected chi connectivity index (χ4v) is 4.59. The molecule has 0 aromatic carbocycles. The second-order valence-corrected chi connectivity index (χ2v) is 7.33. The first-order chi connectivity index (χ1) is 9.79. The molecule has 4 nitrogen and oxygen atoms in total. The highest BCUT2D eigenvalue weighted by molar-refractivity contribution is 5.74. The monoisotopic (exact) mass is 278 g/mol. The summed E-state index contributed by atoms with van der Waals surface area (Å²) in [6.45, 7) is 1.54. The minimum Gasteiger partial charge on any atom is -0.376 e. The molecule has 2 saturated heterocycles. The third-order valence-corrected chi connectivity index (χ3v) is 6.06. The molecule has 4 heteroatoms. The van der Waals surface area contributed by atoms with Crippen LogP contribution in [0.4, 0.5) is 4.79 Å². The molecule has 20 heavy (non-hydrogen) atoms. The number of carbonyl (C=O) groups is 1. The van der Waals surface area contributed by atoms with Gasteiger partial charge in [-0.1, -0.05) is 19.3 Å². The number of fused-ring (bicyclic) bond motifs is 3. The van der Waals surface area contributed by atoms with E-state index in [1.54, 1.807) is 0 Å². The smallest absolute Gasteiger partial charge is 0.315 e. The Morgan fingerprint density at radius 1 is 1.15 bits per heavy atom. The maximum absolute atomic E-state index is 11.9. The van der Waals surface area contributed by atoms with E-state index in [9.17, 15) is 4.79 Å². The summed E-state index contributed by atoms with van der Waals surface area (Å²) in [5.74, 6) is 3.56. The predicted molar refractivity (Wildman–Crippen MR) is 76.3 cm³/mol. The Bertz CT molecular complexity index is 378. The highest BCUT2D eigenvalue weighted by atomic mass is 16.5. The van der Waals surface area contributed by atoms with E-state index in [-0.39, 0.29) is 12.1 Å². The van der Waals surface area contributed by atoms with Gasteiger partial charge >= 0.3 is 6.03 Å². The molecule has 0 aromatic heterocycles. The molecule has 2 amide bonds. The Balaban J connectivity index is 1.15. The number of nitrogens with one attached hydrogen (secondary N) is 2. The molecule has 4 atom stereocenters. The van der Waals surface area contributed by atoms with Gasteiger partial charge in [0.25, 0.3) is 0 Å². The van der Waals surface area contributed by atoms with Crippen molar-refractivity contribution in [2.24, 2.45) is 23.7 Å². The molecule has 5 rings (SSSR count). The minimum atomic E-state index is 0.00658. The van der Waals surface area contributed by atoms with Gasteiger partial charge in [-0.2, -0.15) is 0 Å². The lowest BCUT2D eigenvalue weighted by atomic mass is 9.75. The van der Waals surface area contributed by atoms with Gasteiger partial charge in [0.05, 0.1) is 18.8 Å². The van der Waals surface area contributed by atoms with Crippen molar-refractivity contribution in [3.8, 4) is 0 Å². The van der Waals surface area contributed by atoms with Gasteiger partial charge in [0.1, 0.15) is 0 Å². The highest BCUT2D eigenvalue weighted by Gasteiger charge is 2.44. The molecule has 2 heterocycles. The van der Waals surface area contributed by atoms with E-state index in [2.05, 4.69) is 10.6 Å². The van der Waals surface area contributed by atoms with Gasteiger partial charge in [-0.25, -0.2) is 4.79 Å². The van der Waals surface area contributed by atoms with Crippen molar-refractivity contribution < 1.29 is 9.53 Å². The normalized spacial score (nSPS) is 45.0. The van der Waals surface area contributed by atoms with Crippen LogP contribution in [-0.4, -0.2) is 31.3 Å². The molecule has 2 N–H and O–H groups in total. The van der Waals surface area contributed by atoms with Gasteiger partial charge in [-0.15, -0.1) is 0 Å². The topological polar surface area (TPSA) is 50.4 Å². The van der Waals surface area contributed by atoms with Gasteiger partial charge in [-0.05, 0) is 49.4 Å². The van der Waals surface area contributed by atoms with Crippen molar-refractivity contribution in [2.75, 3.05) is 13.2 Å². The SMILES string of the molecule is O=C(NCCC1CCCC2CC12)NC1COC2CC1C2. The summed E-state index contributed by atoms with van der Waals surface area (Å²) in [5.41, 5.74) is 0. The molecular formula is C16H26N2O2. The van der Waals surface area contributed by atoms with Gasteiger partial charge < -0.3 is 15.4 Å². The van der Waals surface area contributed by atoms with E-state index in [1.807, 2.05) is 0 Å². The lowest BCUT2D eigenvalue weighted by Crippen LogP contribution is -2.57. The molecule has 0 aromatic rings. The summed E-state index contributed by atoms with van der Waals surface area (Å²) in [6, 6.07) is 0.245. The number of hydrogen-bond acceptors (Lipinski definition) is 2. The Morgan fingerprint density at radius 2 is 2.05 bits per heavy atom. The molecular weight excluding hydrogens is 252 g/mol. The maximum Gasteiger partial charge on any atom is 0.315 e. The van der Waals surface area contributed by atoms with Crippen LogP contribution in [0.2, 0.25) is 0 Å². The molecule has 2 bridgehead atoms. The van der Waals surface area contributed by atoms with Crippen molar-refractivity contribution in [3.63, 3.8) is 0 Å². The fourth-order valence-electron chi connectivity index (χ4n) is 4.59. The number of rotatable bonds is 4. The van der Waals surface area contributed by atoms with Crippen molar-refractivity contribution >= 4 is 6.03 Å². The molecule has 112 valence electrons. The van der Waals surface area contributed by atoms with Crippen molar-refractivity contribution in [1.29, 1.82) is 0 Å². The number of amides is 2. The Morgan fingerprint density at radius 3 is 2.85 bits per heavy atom. The van der Waals surface area contributed by atoms with Crippen LogP contribution in [0.3, 0.4) is 0 Å². The van der Waals surface area contributed by atoms with Crippen LogP contribution in [0.5, 0.6) is 0 Å². The predicted octanol–water partition coefficient (Wildman–Crippen LogP) is 2.29. The quantitative estimate of drug-likeness (QED) is 0.829. The fraction of sp³-hybridized carbons (Fsp3) is 0.938. The van der Waals surface area contributed by atoms with Crippen LogP contribution >= 0.6 is 0 Å². The van der Waals surface area contributed by atoms with Gasteiger partial charge in [0.2, 0.25) is 0 Å². The van der Waals surface area contributed by atoms with Crippen LogP contribution in [0.15, 0.2) is 0 Å². The zero-order chi connectivity index (χ0) is 13.5. The number of carbonyl (C=O) groups excluding carboxylic acids is 1. The summed E-state index contributed by atoms with van der Waals surface area (Å²) in [6.07, 6.45) is 9.62. The number of urea groups is 1. The van der Waals surface area contributed by atoms with Gasteiger partial charge in [0.15, 0.2) is 0 Å². The minimum absolute atomic E-state index is 0.00658. The van der Waals surface area contributed by atoms with E-state index >= 15 is 0 Å². The van der Waals surface area contributed by atoms with Crippen LogP contribution in [-0.2, 0) is 4.74 Å². The summed E-state index contributed by atoms with van der Waals surface area (Å²) in [4.78, 5) is 11.9. The van der Waals surface area contributed by atoms with Crippen LogP contribution in [0.1, 0.15) is 44.9 Å². The van der Waals surface area contributed by atoms with Crippen LogP contribution in [0.25, 0.3) is 0 Å². The first-order valence-corrected chi connectivity index (χ1v) is 8.45. The average molecular weight is 278 g/mol. The summed E-state index contributed by atoms with van der Waals surface area (Å²) >= 11 is 0. The molecule has 3 aliphatic carbocycles. The first-order valence-electron chi connectivity index (χ1n) is 8.45. The first kappa shape index (κ1) is 12.9. The Hall–Kier alpha value is -0.770. The van der Waals surface area contributed by atoms with Crippen molar-refractivity contribution in [3.05, 3.63) is 0 Å². The summed E-state index contributed by atoms with van der Waals surface area (Å²) in [7, 11) is 0. The van der Waals surface area contributed by atoms with Gasteiger partial charge in [0, 0.05) is 6.54 Å². The molecule has 4 unspecified atom stereocenters. The van der Waals surface area contributed by atoms with E-state index in [0.29, 0.717) is 18.6 Å². The van der Waals surface area contributed by atoms with E-state index < -0.39 is 0 Å². The van der Waals surface area contributed by atoms with Crippen molar-refractivity contribution in [2.45, 2.75) is 57.1 Å². The van der Waals surface area contributed by atoms with Gasteiger partial charge in [-0.3, -0.25) is 0 Å². The van der Waals surface area contributed by atoms with Crippen LogP contribution in [0, 0.1) is 23.7 Å². The molecule has 5 aliphatic rings. The molecule has 2 aliphatic heterocycles. The molecule has 5 fully saturated rings. The molecule has 0 spiro atoms. The largest absolute Gasteiger partial charge is 0.376 e. The lowest BCUT2D eigenvalue weighted by Gasteiger charge is -2.46.